The number of rotatable bonds is 4. The van der Waals surface area contributed by atoms with E-state index in [1.807, 2.05) is 24.3 Å². The molecule has 0 amide bonds. The van der Waals surface area contributed by atoms with Gasteiger partial charge in [-0.2, -0.15) is 4.31 Å². The van der Waals surface area contributed by atoms with Crippen LogP contribution in [0.3, 0.4) is 0 Å². The summed E-state index contributed by atoms with van der Waals surface area (Å²) >= 11 is 0. The van der Waals surface area contributed by atoms with Crippen LogP contribution >= 0.6 is 0 Å². The van der Waals surface area contributed by atoms with Crippen molar-refractivity contribution in [3.63, 3.8) is 0 Å². The summed E-state index contributed by atoms with van der Waals surface area (Å²) in [5.41, 5.74) is 1.76. The number of aromatic amines is 1. The second kappa shape index (κ2) is 6.16. The quantitative estimate of drug-likeness (QED) is 0.779. The van der Waals surface area contributed by atoms with Gasteiger partial charge < -0.3 is 9.72 Å². The van der Waals surface area contributed by atoms with Crippen LogP contribution in [0, 0.1) is 0 Å². The van der Waals surface area contributed by atoms with E-state index >= 15 is 0 Å². The van der Waals surface area contributed by atoms with E-state index in [0.29, 0.717) is 18.0 Å². The highest BCUT2D eigenvalue weighted by molar-refractivity contribution is 7.89. The van der Waals surface area contributed by atoms with Crippen molar-refractivity contribution in [2.45, 2.75) is 17.2 Å². The zero-order valence-corrected chi connectivity index (χ0v) is 14.7. The van der Waals surface area contributed by atoms with Gasteiger partial charge in [-0.05, 0) is 30.7 Å². The third kappa shape index (κ3) is 2.89. The van der Waals surface area contributed by atoms with Crippen molar-refractivity contribution >= 4 is 21.1 Å². The first-order valence-electron chi connectivity index (χ1n) is 8.17. The first kappa shape index (κ1) is 16.1. The predicted molar refractivity (Wildman–Crippen MR) is 95.2 cm³/mol. The standard InChI is InChI=1S/C18H19N3O3S/c1-24-14-7-8-16-17(11-14)20-18(19-16)13-9-10-21(12-13)25(22,23)15-5-3-2-4-6-15/h2-8,11,13H,9-10,12H2,1H3,(H,19,20)/t13-/m0/s1. The molecule has 4 rings (SSSR count). The van der Waals surface area contributed by atoms with Crippen molar-refractivity contribution in [2.75, 3.05) is 20.2 Å². The molecule has 25 heavy (non-hydrogen) atoms. The second-order valence-electron chi connectivity index (χ2n) is 6.17. The van der Waals surface area contributed by atoms with Gasteiger partial charge in [0, 0.05) is 25.1 Å². The summed E-state index contributed by atoms with van der Waals surface area (Å²) in [6, 6.07) is 14.2. The molecular formula is C18H19N3O3S. The van der Waals surface area contributed by atoms with Gasteiger partial charge in [0.05, 0.1) is 23.0 Å². The number of H-pyrrole nitrogens is 1. The van der Waals surface area contributed by atoms with E-state index in [4.69, 9.17) is 4.74 Å². The largest absolute Gasteiger partial charge is 0.497 e. The molecule has 0 saturated carbocycles. The zero-order valence-electron chi connectivity index (χ0n) is 13.8. The zero-order chi connectivity index (χ0) is 17.4. The summed E-state index contributed by atoms with van der Waals surface area (Å²) < 4.78 is 32.3. The highest BCUT2D eigenvalue weighted by Gasteiger charge is 2.34. The summed E-state index contributed by atoms with van der Waals surface area (Å²) in [6.07, 6.45) is 0.753. The molecule has 7 heteroatoms. The minimum Gasteiger partial charge on any atom is -0.497 e. The maximum absolute atomic E-state index is 12.7. The highest BCUT2D eigenvalue weighted by Crippen LogP contribution is 2.31. The Labute approximate surface area is 146 Å². The van der Waals surface area contributed by atoms with Gasteiger partial charge in [-0.3, -0.25) is 0 Å². The first-order chi connectivity index (χ1) is 12.1. The molecule has 0 aliphatic carbocycles. The molecule has 2 aromatic carbocycles. The van der Waals surface area contributed by atoms with Crippen LogP contribution in [0.2, 0.25) is 0 Å². The molecule has 3 aromatic rings. The minimum absolute atomic E-state index is 0.0666. The maximum atomic E-state index is 12.7. The molecule has 1 aliphatic heterocycles. The second-order valence-corrected chi connectivity index (χ2v) is 8.10. The summed E-state index contributed by atoms with van der Waals surface area (Å²) in [6.45, 7) is 0.941. The summed E-state index contributed by atoms with van der Waals surface area (Å²) in [5, 5.41) is 0. The number of nitrogens with one attached hydrogen (secondary N) is 1. The Kier molecular flexibility index (Phi) is 3.97. The molecule has 1 N–H and O–H groups in total. The number of nitrogens with zero attached hydrogens (tertiary/aromatic N) is 2. The molecule has 130 valence electrons. The fourth-order valence-corrected chi connectivity index (χ4v) is 4.76. The van der Waals surface area contributed by atoms with Gasteiger partial charge in [-0.1, -0.05) is 18.2 Å². The van der Waals surface area contributed by atoms with Crippen LogP contribution in [0.5, 0.6) is 5.75 Å². The van der Waals surface area contributed by atoms with E-state index in [9.17, 15) is 8.42 Å². The van der Waals surface area contributed by atoms with Crippen LogP contribution in [0.15, 0.2) is 53.4 Å². The SMILES string of the molecule is COc1ccc2nc([C@H]3CCN(S(=O)(=O)c4ccccc4)C3)[nH]c2c1. The Morgan fingerprint density at radius 3 is 2.76 bits per heavy atom. The van der Waals surface area contributed by atoms with Crippen molar-refractivity contribution in [1.29, 1.82) is 0 Å². The number of aromatic nitrogens is 2. The van der Waals surface area contributed by atoms with Gasteiger partial charge in [-0.15, -0.1) is 0 Å². The molecule has 0 bridgehead atoms. The number of hydrogen-bond donors (Lipinski definition) is 1. The summed E-state index contributed by atoms with van der Waals surface area (Å²) in [5.74, 6) is 1.66. The van der Waals surface area contributed by atoms with Gasteiger partial charge in [0.1, 0.15) is 11.6 Å². The number of ether oxygens (including phenoxy) is 1. The first-order valence-corrected chi connectivity index (χ1v) is 9.61. The molecule has 0 radical (unpaired) electrons. The van der Waals surface area contributed by atoms with E-state index in [2.05, 4.69) is 9.97 Å². The highest BCUT2D eigenvalue weighted by atomic mass is 32.2. The lowest BCUT2D eigenvalue weighted by Gasteiger charge is -2.16. The summed E-state index contributed by atoms with van der Waals surface area (Å²) in [7, 11) is -1.82. The molecule has 1 fully saturated rings. The van der Waals surface area contributed by atoms with Crippen molar-refractivity contribution in [1.82, 2.24) is 14.3 Å². The van der Waals surface area contributed by atoms with Gasteiger partial charge >= 0.3 is 0 Å². The molecule has 2 heterocycles. The fraction of sp³-hybridized carbons (Fsp3) is 0.278. The van der Waals surface area contributed by atoms with E-state index < -0.39 is 10.0 Å². The topological polar surface area (TPSA) is 75.3 Å². The molecule has 1 aromatic heterocycles. The molecule has 1 aliphatic rings. The normalized spacial score (nSPS) is 18.7. The number of sulfonamides is 1. The third-order valence-corrected chi connectivity index (χ3v) is 6.51. The van der Waals surface area contributed by atoms with Gasteiger partial charge in [0.25, 0.3) is 0 Å². The van der Waals surface area contributed by atoms with E-state index in [0.717, 1.165) is 29.0 Å². The molecule has 0 unspecified atom stereocenters. The van der Waals surface area contributed by atoms with E-state index in [1.54, 1.807) is 35.7 Å². The fourth-order valence-electron chi connectivity index (χ4n) is 3.24. The van der Waals surface area contributed by atoms with E-state index in [1.165, 1.54) is 0 Å². The van der Waals surface area contributed by atoms with E-state index in [-0.39, 0.29) is 5.92 Å². The lowest BCUT2D eigenvalue weighted by Crippen LogP contribution is -2.28. The van der Waals surface area contributed by atoms with Crippen LogP contribution in [-0.4, -0.2) is 42.9 Å². The molecule has 6 nitrogen and oxygen atoms in total. The van der Waals surface area contributed by atoms with Gasteiger partial charge in [0.2, 0.25) is 10.0 Å². The minimum atomic E-state index is -3.45. The monoisotopic (exact) mass is 357 g/mol. The van der Waals surface area contributed by atoms with Crippen molar-refractivity contribution in [3.05, 3.63) is 54.4 Å². The Balaban J connectivity index is 1.58. The average molecular weight is 357 g/mol. The van der Waals surface area contributed by atoms with Crippen LogP contribution in [0.4, 0.5) is 0 Å². The Bertz CT molecular complexity index is 999. The van der Waals surface area contributed by atoms with Crippen molar-refractivity contribution < 1.29 is 13.2 Å². The summed E-state index contributed by atoms with van der Waals surface area (Å²) in [4.78, 5) is 8.28. The number of benzene rings is 2. The number of methoxy groups -OCH3 is 1. The van der Waals surface area contributed by atoms with Crippen molar-refractivity contribution in [2.24, 2.45) is 0 Å². The third-order valence-electron chi connectivity index (χ3n) is 4.63. The lowest BCUT2D eigenvalue weighted by atomic mass is 10.1. The van der Waals surface area contributed by atoms with Crippen molar-refractivity contribution in [3.8, 4) is 5.75 Å². The predicted octanol–water partition coefficient (Wildman–Crippen LogP) is 2.75. The molecular weight excluding hydrogens is 338 g/mol. The van der Waals surface area contributed by atoms with Crippen LogP contribution in [0.1, 0.15) is 18.2 Å². The Hall–Kier alpha value is -2.38. The van der Waals surface area contributed by atoms with Crippen LogP contribution < -0.4 is 4.74 Å². The lowest BCUT2D eigenvalue weighted by molar-refractivity contribution is 0.415. The average Bonchev–Trinajstić information content (AvgIpc) is 3.28. The number of imidazole rings is 1. The Morgan fingerprint density at radius 2 is 2.00 bits per heavy atom. The van der Waals surface area contributed by atoms with Gasteiger partial charge in [0.15, 0.2) is 0 Å². The van der Waals surface area contributed by atoms with Crippen LogP contribution in [0.25, 0.3) is 11.0 Å². The molecule has 1 atom stereocenters. The van der Waals surface area contributed by atoms with Crippen LogP contribution in [-0.2, 0) is 10.0 Å². The maximum Gasteiger partial charge on any atom is 0.243 e. The van der Waals surface area contributed by atoms with Gasteiger partial charge in [-0.25, -0.2) is 13.4 Å². The molecule has 0 spiro atoms. The number of hydrogen-bond acceptors (Lipinski definition) is 4. The smallest absolute Gasteiger partial charge is 0.243 e. The Morgan fingerprint density at radius 1 is 1.20 bits per heavy atom. The number of fused-ring (bicyclic) bond motifs is 1. The molecule has 1 saturated heterocycles.